The van der Waals surface area contributed by atoms with Gasteiger partial charge in [-0.25, -0.2) is 0 Å². The third kappa shape index (κ3) is 6.32. The first kappa shape index (κ1) is 27.5. The fraction of sp³-hybridized carbons (Fsp3) is 0.267. The van der Waals surface area contributed by atoms with E-state index in [2.05, 4.69) is 0 Å². The van der Waals surface area contributed by atoms with Crippen LogP contribution in [0, 0.1) is 17.0 Å². The predicted molar refractivity (Wildman–Crippen MR) is 147 cm³/mol. The number of carbonyl (C=O) groups excluding carboxylic acids is 2. The number of ether oxygens (including phenoxy) is 1. The number of carbonyl (C=O) groups is 2. The van der Waals surface area contributed by atoms with Crippen LogP contribution in [-0.2, 0) is 16.2 Å². The topological polar surface area (TPSA) is 113 Å². The Morgan fingerprint density at radius 1 is 1.05 bits per heavy atom. The number of non-ortho nitro benzene ring substituents is 1. The molecule has 1 amide bonds. The van der Waals surface area contributed by atoms with Crippen molar-refractivity contribution in [3.63, 3.8) is 0 Å². The highest BCUT2D eigenvalue weighted by molar-refractivity contribution is 6.46. The van der Waals surface area contributed by atoms with Gasteiger partial charge in [0.1, 0.15) is 18.1 Å². The summed E-state index contributed by atoms with van der Waals surface area (Å²) < 4.78 is 5.86. The average molecular weight is 530 g/mol. The largest absolute Gasteiger partial charge is 0.507 e. The second kappa shape index (κ2) is 11.9. The maximum Gasteiger partial charge on any atom is 0.295 e. The molecule has 0 aliphatic carbocycles. The molecule has 3 aromatic rings. The summed E-state index contributed by atoms with van der Waals surface area (Å²) in [6.07, 6.45) is 0.582. The van der Waals surface area contributed by atoms with E-state index in [1.54, 1.807) is 30.3 Å². The number of benzene rings is 3. The number of aryl methyl sites for hydroxylation is 1. The summed E-state index contributed by atoms with van der Waals surface area (Å²) in [4.78, 5) is 40.5. The molecule has 4 rings (SSSR count). The van der Waals surface area contributed by atoms with Crippen LogP contribution in [-0.4, -0.2) is 58.7 Å². The number of Topliss-reactive ketones (excluding diaryl/α,β-unsaturated/α-hetero) is 1. The molecule has 0 radical (unpaired) electrons. The van der Waals surface area contributed by atoms with Gasteiger partial charge in [0.15, 0.2) is 0 Å². The number of amides is 1. The summed E-state index contributed by atoms with van der Waals surface area (Å²) in [5, 5.41) is 22.7. The van der Waals surface area contributed by atoms with Crippen molar-refractivity contribution >= 4 is 23.1 Å². The molecular formula is C30H31N3O6. The second-order valence-corrected chi connectivity index (χ2v) is 9.80. The summed E-state index contributed by atoms with van der Waals surface area (Å²) in [5.74, 6) is -1.34. The first-order valence-corrected chi connectivity index (χ1v) is 12.6. The van der Waals surface area contributed by atoms with Gasteiger partial charge in [0.2, 0.25) is 0 Å². The van der Waals surface area contributed by atoms with Gasteiger partial charge >= 0.3 is 0 Å². The molecule has 1 N–H and O–H groups in total. The monoisotopic (exact) mass is 529 g/mol. The summed E-state index contributed by atoms with van der Waals surface area (Å²) in [5.41, 5.74) is 2.61. The van der Waals surface area contributed by atoms with Gasteiger partial charge in [-0.15, -0.1) is 0 Å². The van der Waals surface area contributed by atoms with E-state index >= 15 is 0 Å². The molecular weight excluding hydrogens is 498 g/mol. The van der Waals surface area contributed by atoms with E-state index in [0.29, 0.717) is 36.4 Å². The van der Waals surface area contributed by atoms with E-state index in [0.717, 1.165) is 11.1 Å². The van der Waals surface area contributed by atoms with Crippen molar-refractivity contribution in [1.29, 1.82) is 0 Å². The molecule has 0 aromatic heterocycles. The van der Waals surface area contributed by atoms with Crippen LogP contribution in [0.25, 0.3) is 5.76 Å². The average Bonchev–Trinajstić information content (AvgIpc) is 3.17. The van der Waals surface area contributed by atoms with Gasteiger partial charge in [0.05, 0.1) is 16.5 Å². The minimum atomic E-state index is -0.954. The van der Waals surface area contributed by atoms with Gasteiger partial charge in [0, 0.05) is 24.2 Å². The molecule has 1 saturated heterocycles. The molecule has 39 heavy (non-hydrogen) atoms. The lowest BCUT2D eigenvalue weighted by atomic mass is 9.95. The number of aliphatic hydroxyl groups excluding tert-OH is 1. The minimum absolute atomic E-state index is 0.0984. The molecule has 202 valence electrons. The van der Waals surface area contributed by atoms with Gasteiger partial charge in [-0.1, -0.05) is 42.0 Å². The van der Waals surface area contributed by atoms with Gasteiger partial charge in [0.25, 0.3) is 17.4 Å². The Morgan fingerprint density at radius 2 is 1.77 bits per heavy atom. The van der Waals surface area contributed by atoms with E-state index in [9.17, 15) is 24.8 Å². The third-order valence-corrected chi connectivity index (χ3v) is 6.56. The number of hydrogen-bond donors (Lipinski definition) is 1. The van der Waals surface area contributed by atoms with E-state index in [1.807, 2.05) is 50.2 Å². The molecule has 3 aromatic carbocycles. The predicted octanol–water partition coefficient (Wildman–Crippen LogP) is 4.86. The van der Waals surface area contributed by atoms with Crippen molar-refractivity contribution < 1.29 is 24.4 Å². The number of nitro benzene ring substituents is 1. The Morgan fingerprint density at radius 3 is 2.44 bits per heavy atom. The fourth-order valence-corrected chi connectivity index (χ4v) is 4.66. The lowest BCUT2D eigenvalue weighted by molar-refractivity contribution is -0.384. The summed E-state index contributed by atoms with van der Waals surface area (Å²) in [6.45, 7) is 3.30. The SMILES string of the molecule is Cc1cccc(COc2ccc(/C(O)=C3\C(=O)C(=O)N(CCCN(C)C)[C@H]3c3cccc([N+](=O)[O-])c3)cc2)c1. The molecule has 0 saturated carbocycles. The molecule has 1 aliphatic heterocycles. The minimum Gasteiger partial charge on any atom is -0.507 e. The maximum atomic E-state index is 13.2. The Kier molecular flexibility index (Phi) is 8.41. The van der Waals surface area contributed by atoms with Crippen LogP contribution in [0.1, 0.15) is 34.7 Å². The van der Waals surface area contributed by atoms with E-state index < -0.39 is 22.7 Å². The normalized spacial score (nSPS) is 16.6. The Labute approximate surface area is 227 Å². The molecule has 0 bridgehead atoms. The maximum absolute atomic E-state index is 13.2. The highest BCUT2D eigenvalue weighted by Gasteiger charge is 2.46. The molecule has 9 nitrogen and oxygen atoms in total. The van der Waals surface area contributed by atoms with E-state index in [1.165, 1.54) is 23.1 Å². The smallest absolute Gasteiger partial charge is 0.295 e. The fourth-order valence-electron chi connectivity index (χ4n) is 4.66. The second-order valence-electron chi connectivity index (χ2n) is 9.80. The van der Waals surface area contributed by atoms with Crippen LogP contribution in [0.3, 0.4) is 0 Å². The molecule has 1 aliphatic rings. The quantitative estimate of drug-likeness (QED) is 0.131. The van der Waals surface area contributed by atoms with Crippen LogP contribution in [0.4, 0.5) is 5.69 Å². The van der Waals surface area contributed by atoms with Gasteiger partial charge in [-0.2, -0.15) is 0 Å². The number of nitro groups is 1. The molecule has 1 fully saturated rings. The van der Waals surface area contributed by atoms with Gasteiger partial charge in [-0.3, -0.25) is 19.7 Å². The van der Waals surface area contributed by atoms with Crippen molar-refractivity contribution in [2.24, 2.45) is 0 Å². The standard InChI is InChI=1S/C30H31N3O6/c1-20-7-4-8-21(17-20)19-39-25-13-11-22(12-14-25)28(34)26-27(23-9-5-10-24(18-23)33(37)38)32(30(36)29(26)35)16-6-15-31(2)3/h4-5,7-14,17-18,27,34H,6,15-16,19H2,1-3H3/b28-26+/t27-/m0/s1. The van der Waals surface area contributed by atoms with Crippen LogP contribution in [0.5, 0.6) is 5.75 Å². The third-order valence-electron chi connectivity index (χ3n) is 6.56. The summed E-state index contributed by atoms with van der Waals surface area (Å²) >= 11 is 0. The highest BCUT2D eigenvalue weighted by Crippen LogP contribution is 2.40. The van der Waals surface area contributed by atoms with Crippen LogP contribution >= 0.6 is 0 Å². The highest BCUT2D eigenvalue weighted by atomic mass is 16.6. The molecule has 1 atom stereocenters. The Balaban J connectivity index is 1.66. The number of ketones is 1. The zero-order valence-corrected chi connectivity index (χ0v) is 22.2. The number of hydrogen-bond acceptors (Lipinski definition) is 7. The van der Waals surface area contributed by atoms with E-state index in [4.69, 9.17) is 4.74 Å². The van der Waals surface area contributed by atoms with Crippen molar-refractivity contribution in [1.82, 2.24) is 9.80 Å². The zero-order chi connectivity index (χ0) is 28.1. The van der Waals surface area contributed by atoms with Crippen LogP contribution in [0.2, 0.25) is 0 Å². The number of aliphatic hydroxyl groups is 1. The number of nitrogens with zero attached hydrogens (tertiary/aromatic N) is 3. The first-order valence-electron chi connectivity index (χ1n) is 12.6. The lowest BCUT2D eigenvalue weighted by Crippen LogP contribution is -2.32. The van der Waals surface area contributed by atoms with Crippen molar-refractivity contribution in [2.45, 2.75) is 26.0 Å². The number of likely N-dealkylation sites (tertiary alicyclic amines) is 1. The zero-order valence-electron chi connectivity index (χ0n) is 22.2. The van der Waals surface area contributed by atoms with E-state index in [-0.39, 0.29) is 23.6 Å². The molecule has 0 spiro atoms. The Hall–Kier alpha value is -4.50. The van der Waals surface area contributed by atoms with Crippen molar-refractivity contribution in [3.8, 4) is 5.75 Å². The van der Waals surface area contributed by atoms with Crippen molar-refractivity contribution in [2.75, 3.05) is 27.2 Å². The first-order chi connectivity index (χ1) is 18.7. The number of rotatable bonds is 10. The summed E-state index contributed by atoms with van der Waals surface area (Å²) in [6, 6.07) is 19.4. The lowest BCUT2D eigenvalue weighted by Gasteiger charge is -2.25. The van der Waals surface area contributed by atoms with Crippen LogP contribution < -0.4 is 4.74 Å². The molecule has 1 heterocycles. The summed E-state index contributed by atoms with van der Waals surface area (Å²) in [7, 11) is 3.81. The Bertz CT molecular complexity index is 1410. The molecule has 9 heteroatoms. The van der Waals surface area contributed by atoms with Crippen molar-refractivity contribution in [3.05, 3.63) is 111 Å². The van der Waals surface area contributed by atoms with Gasteiger partial charge in [-0.05, 0) is 69.4 Å². The van der Waals surface area contributed by atoms with Gasteiger partial charge < -0.3 is 19.6 Å². The molecule has 0 unspecified atom stereocenters. The van der Waals surface area contributed by atoms with Crippen LogP contribution in [0.15, 0.2) is 78.4 Å².